The molecular formula is C17H18N2O. The summed E-state index contributed by atoms with van der Waals surface area (Å²) in [6.45, 7) is 0. The number of carbonyl (C=O) groups excluding carboxylic acids is 1. The minimum atomic E-state index is 0.282. The number of Topliss-reactive ketones (excluding diaryl/α,β-unsaturated/α-hetero) is 1. The quantitative estimate of drug-likeness (QED) is 0.828. The summed E-state index contributed by atoms with van der Waals surface area (Å²) in [5, 5.41) is 4.55. The SMILES string of the molecule is O=C1CCc2c1cccc2-c1cnn(C2CCCC2)c1. The van der Waals surface area contributed by atoms with Gasteiger partial charge in [0.1, 0.15) is 0 Å². The Morgan fingerprint density at radius 2 is 1.90 bits per heavy atom. The molecule has 0 spiro atoms. The summed E-state index contributed by atoms with van der Waals surface area (Å²) in [5.74, 6) is 0.282. The second-order valence-electron chi connectivity index (χ2n) is 5.90. The maximum Gasteiger partial charge on any atom is 0.163 e. The fourth-order valence-corrected chi connectivity index (χ4v) is 3.61. The second kappa shape index (κ2) is 4.58. The molecule has 0 bridgehead atoms. The first-order valence-electron chi connectivity index (χ1n) is 7.52. The first-order valence-corrected chi connectivity index (χ1v) is 7.52. The maximum absolute atomic E-state index is 11.8. The van der Waals surface area contributed by atoms with Crippen LogP contribution in [0.15, 0.2) is 30.6 Å². The number of rotatable bonds is 2. The fourth-order valence-electron chi connectivity index (χ4n) is 3.61. The number of nitrogens with zero attached hydrogens (tertiary/aromatic N) is 2. The van der Waals surface area contributed by atoms with Crippen LogP contribution in [0.2, 0.25) is 0 Å². The van der Waals surface area contributed by atoms with Crippen molar-refractivity contribution in [2.75, 3.05) is 0 Å². The van der Waals surface area contributed by atoms with Crippen LogP contribution in [0.5, 0.6) is 0 Å². The average Bonchev–Trinajstić information content (AvgIpc) is 3.18. The molecule has 3 heteroatoms. The highest BCUT2D eigenvalue weighted by molar-refractivity contribution is 6.02. The van der Waals surface area contributed by atoms with E-state index in [-0.39, 0.29) is 5.78 Å². The summed E-state index contributed by atoms with van der Waals surface area (Å²) in [6.07, 6.45) is 10.8. The molecule has 2 aliphatic carbocycles. The highest BCUT2D eigenvalue weighted by Gasteiger charge is 2.23. The molecule has 0 radical (unpaired) electrons. The van der Waals surface area contributed by atoms with E-state index >= 15 is 0 Å². The van der Waals surface area contributed by atoms with Crippen molar-refractivity contribution in [2.24, 2.45) is 0 Å². The van der Waals surface area contributed by atoms with Gasteiger partial charge in [-0.2, -0.15) is 5.10 Å². The maximum atomic E-state index is 11.8. The summed E-state index contributed by atoms with van der Waals surface area (Å²) in [4.78, 5) is 11.8. The topological polar surface area (TPSA) is 34.9 Å². The van der Waals surface area contributed by atoms with E-state index in [1.54, 1.807) is 0 Å². The van der Waals surface area contributed by atoms with Crippen LogP contribution < -0.4 is 0 Å². The van der Waals surface area contributed by atoms with Crippen LogP contribution in [0.3, 0.4) is 0 Å². The molecule has 1 heterocycles. The van der Waals surface area contributed by atoms with Gasteiger partial charge >= 0.3 is 0 Å². The molecule has 1 saturated carbocycles. The Morgan fingerprint density at radius 3 is 2.75 bits per heavy atom. The summed E-state index contributed by atoms with van der Waals surface area (Å²) in [7, 11) is 0. The molecule has 102 valence electrons. The zero-order chi connectivity index (χ0) is 13.5. The lowest BCUT2D eigenvalue weighted by atomic mass is 9.99. The fraction of sp³-hybridized carbons (Fsp3) is 0.412. The Kier molecular flexibility index (Phi) is 2.72. The van der Waals surface area contributed by atoms with E-state index in [4.69, 9.17) is 0 Å². The minimum absolute atomic E-state index is 0.282. The molecule has 1 aromatic heterocycles. The van der Waals surface area contributed by atoms with Crippen LogP contribution in [-0.4, -0.2) is 15.6 Å². The molecule has 1 aromatic carbocycles. The third-order valence-corrected chi connectivity index (χ3v) is 4.69. The van der Waals surface area contributed by atoms with Crippen molar-refractivity contribution in [1.29, 1.82) is 0 Å². The molecule has 0 aliphatic heterocycles. The number of ketones is 1. The van der Waals surface area contributed by atoms with E-state index in [0.717, 1.165) is 17.5 Å². The van der Waals surface area contributed by atoms with Crippen molar-refractivity contribution in [1.82, 2.24) is 9.78 Å². The first-order chi connectivity index (χ1) is 9.83. The lowest BCUT2D eigenvalue weighted by molar-refractivity contribution is 0.0994. The zero-order valence-electron chi connectivity index (χ0n) is 11.5. The molecule has 0 amide bonds. The number of hydrogen-bond acceptors (Lipinski definition) is 2. The van der Waals surface area contributed by atoms with E-state index in [0.29, 0.717) is 12.5 Å². The van der Waals surface area contributed by atoms with E-state index in [2.05, 4.69) is 22.0 Å². The summed E-state index contributed by atoms with van der Waals surface area (Å²) >= 11 is 0. The van der Waals surface area contributed by atoms with Gasteiger partial charge in [-0.05, 0) is 30.4 Å². The molecule has 4 rings (SSSR count). The predicted octanol–water partition coefficient (Wildman–Crippen LogP) is 3.79. The molecule has 0 unspecified atom stereocenters. The number of carbonyl (C=O) groups is 1. The summed E-state index contributed by atoms with van der Waals surface area (Å²) in [5.41, 5.74) is 4.47. The molecule has 1 fully saturated rings. The Bertz CT molecular complexity index is 665. The van der Waals surface area contributed by atoms with Crippen molar-refractivity contribution >= 4 is 5.78 Å². The number of benzene rings is 1. The first kappa shape index (κ1) is 11.9. The monoisotopic (exact) mass is 266 g/mol. The van der Waals surface area contributed by atoms with Gasteiger partial charge in [-0.1, -0.05) is 31.0 Å². The molecule has 2 aromatic rings. The largest absolute Gasteiger partial charge is 0.294 e. The lowest BCUT2D eigenvalue weighted by Gasteiger charge is -2.09. The molecule has 0 atom stereocenters. The number of fused-ring (bicyclic) bond motifs is 1. The lowest BCUT2D eigenvalue weighted by Crippen LogP contribution is -2.04. The number of hydrogen-bond donors (Lipinski definition) is 0. The minimum Gasteiger partial charge on any atom is -0.294 e. The number of aromatic nitrogens is 2. The highest BCUT2D eigenvalue weighted by Crippen LogP contribution is 2.34. The van der Waals surface area contributed by atoms with E-state index in [9.17, 15) is 4.79 Å². The van der Waals surface area contributed by atoms with E-state index in [1.807, 2.05) is 18.3 Å². The third kappa shape index (κ3) is 1.80. The molecule has 3 nitrogen and oxygen atoms in total. The van der Waals surface area contributed by atoms with Crippen molar-refractivity contribution in [3.63, 3.8) is 0 Å². The van der Waals surface area contributed by atoms with Gasteiger partial charge in [0.25, 0.3) is 0 Å². The van der Waals surface area contributed by atoms with Gasteiger partial charge in [0.15, 0.2) is 5.78 Å². The van der Waals surface area contributed by atoms with Crippen LogP contribution in [0.4, 0.5) is 0 Å². The molecule has 0 saturated heterocycles. The van der Waals surface area contributed by atoms with E-state index < -0.39 is 0 Å². The van der Waals surface area contributed by atoms with Crippen molar-refractivity contribution < 1.29 is 4.79 Å². The van der Waals surface area contributed by atoms with Crippen molar-refractivity contribution in [3.05, 3.63) is 41.7 Å². The summed E-state index contributed by atoms with van der Waals surface area (Å²) < 4.78 is 2.12. The summed E-state index contributed by atoms with van der Waals surface area (Å²) in [6, 6.07) is 6.63. The Morgan fingerprint density at radius 1 is 1.10 bits per heavy atom. The average molecular weight is 266 g/mol. The predicted molar refractivity (Wildman–Crippen MR) is 77.8 cm³/mol. The zero-order valence-corrected chi connectivity index (χ0v) is 11.5. The van der Waals surface area contributed by atoms with Gasteiger partial charge in [-0.3, -0.25) is 9.48 Å². The second-order valence-corrected chi connectivity index (χ2v) is 5.90. The molecule has 0 N–H and O–H groups in total. The van der Waals surface area contributed by atoms with Gasteiger partial charge in [-0.25, -0.2) is 0 Å². The van der Waals surface area contributed by atoms with Crippen molar-refractivity contribution in [2.45, 2.75) is 44.6 Å². The van der Waals surface area contributed by atoms with Crippen LogP contribution in [-0.2, 0) is 6.42 Å². The van der Waals surface area contributed by atoms with Gasteiger partial charge in [0.05, 0.1) is 12.2 Å². The Labute approximate surface area is 118 Å². The van der Waals surface area contributed by atoms with Crippen molar-refractivity contribution in [3.8, 4) is 11.1 Å². The van der Waals surface area contributed by atoms with Crippen LogP contribution in [0.25, 0.3) is 11.1 Å². The third-order valence-electron chi connectivity index (χ3n) is 4.69. The normalized spacial score (nSPS) is 18.7. The highest BCUT2D eigenvalue weighted by atomic mass is 16.1. The van der Waals surface area contributed by atoms with Gasteiger partial charge in [0, 0.05) is 23.7 Å². The van der Waals surface area contributed by atoms with Crippen LogP contribution >= 0.6 is 0 Å². The van der Waals surface area contributed by atoms with Gasteiger partial charge in [0.2, 0.25) is 0 Å². The molecule has 2 aliphatic rings. The van der Waals surface area contributed by atoms with Gasteiger partial charge in [-0.15, -0.1) is 0 Å². The molecular weight excluding hydrogens is 248 g/mol. The smallest absolute Gasteiger partial charge is 0.163 e. The Balaban J connectivity index is 1.73. The van der Waals surface area contributed by atoms with Crippen LogP contribution in [0.1, 0.15) is 54.1 Å². The van der Waals surface area contributed by atoms with Crippen LogP contribution in [0, 0.1) is 0 Å². The standard InChI is InChI=1S/C17H18N2O/c20-17-9-8-15-14(6-3-7-16(15)17)12-10-18-19(11-12)13-4-1-2-5-13/h3,6-7,10-11,13H,1-2,4-5,8-9H2. The van der Waals surface area contributed by atoms with Gasteiger partial charge < -0.3 is 0 Å². The van der Waals surface area contributed by atoms with E-state index in [1.165, 1.54) is 36.8 Å². The molecule has 20 heavy (non-hydrogen) atoms. The Hall–Kier alpha value is -1.90.